The summed E-state index contributed by atoms with van der Waals surface area (Å²) in [5.74, 6) is 2.15. The lowest BCUT2D eigenvalue weighted by Crippen LogP contribution is -2.47. The molecule has 4 aromatic rings. The number of nitrogens with one attached hydrogen (secondary N) is 1. The van der Waals surface area contributed by atoms with Gasteiger partial charge in [0.25, 0.3) is 0 Å². The molecule has 2 aromatic carbocycles. The maximum Gasteiger partial charge on any atom is 0.243 e. The predicted octanol–water partition coefficient (Wildman–Crippen LogP) is 3.43. The van der Waals surface area contributed by atoms with Crippen LogP contribution in [0.4, 0.5) is 0 Å². The zero-order chi connectivity index (χ0) is 32.0. The van der Waals surface area contributed by atoms with Gasteiger partial charge in [-0.1, -0.05) is 47.6 Å². The SMILES string of the molecule is COc1ccccc1-c1noc(CCC(=O)N2CCCC(=O)N3CCC[C@H]3C(=O)N[C@@H](C)c3nc(-c4ccccc4)nn3CC2)n1. The number of methoxy groups -OCH3 is 1. The molecule has 2 aliphatic heterocycles. The highest BCUT2D eigenvalue weighted by Gasteiger charge is 2.35. The second kappa shape index (κ2) is 13.9. The molecule has 4 heterocycles. The summed E-state index contributed by atoms with van der Waals surface area (Å²) in [5.41, 5.74) is 1.56. The Balaban J connectivity index is 1.21. The molecule has 2 atom stereocenters. The Morgan fingerprint density at radius 2 is 1.78 bits per heavy atom. The van der Waals surface area contributed by atoms with E-state index in [-0.39, 0.29) is 37.0 Å². The van der Waals surface area contributed by atoms with E-state index in [0.29, 0.717) is 73.7 Å². The van der Waals surface area contributed by atoms with E-state index < -0.39 is 12.1 Å². The van der Waals surface area contributed by atoms with E-state index in [1.54, 1.807) is 21.6 Å². The van der Waals surface area contributed by atoms with Crippen LogP contribution in [0.5, 0.6) is 5.75 Å². The summed E-state index contributed by atoms with van der Waals surface area (Å²) in [6, 6.07) is 16.1. The van der Waals surface area contributed by atoms with Crippen LogP contribution in [-0.4, -0.2) is 85.2 Å². The molecule has 0 radical (unpaired) electrons. The maximum absolute atomic E-state index is 13.6. The molecule has 46 heavy (non-hydrogen) atoms. The number of carbonyl (C=O) groups excluding carboxylic acids is 3. The minimum atomic E-state index is -0.518. The molecule has 0 unspecified atom stereocenters. The Bertz CT molecular complexity index is 1690. The first-order valence-corrected chi connectivity index (χ1v) is 15.7. The minimum absolute atomic E-state index is 0.0704. The van der Waals surface area contributed by atoms with Crippen LogP contribution in [0.15, 0.2) is 59.1 Å². The molecule has 0 saturated carbocycles. The van der Waals surface area contributed by atoms with Crippen molar-refractivity contribution in [3.63, 3.8) is 0 Å². The number of benzene rings is 2. The van der Waals surface area contributed by atoms with Gasteiger partial charge >= 0.3 is 0 Å². The molecule has 3 amide bonds. The van der Waals surface area contributed by atoms with Crippen LogP contribution >= 0.6 is 0 Å². The molecule has 0 aliphatic carbocycles. The Labute approximate surface area is 266 Å². The lowest BCUT2D eigenvalue weighted by Gasteiger charge is -2.28. The van der Waals surface area contributed by atoms with Crippen molar-refractivity contribution in [3.05, 3.63) is 66.3 Å². The van der Waals surface area contributed by atoms with Crippen LogP contribution in [0.1, 0.15) is 56.8 Å². The van der Waals surface area contributed by atoms with Crippen LogP contribution in [0.25, 0.3) is 22.8 Å². The van der Waals surface area contributed by atoms with Gasteiger partial charge in [0.2, 0.25) is 29.4 Å². The molecule has 13 heteroatoms. The van der Waals surface area contributed by atoms with Crippen LogP contribution in [-0.2, 0) is 27.3 Å². The summed E-state index contributed by atoms with van der Waals surface area (Å²) in [6.45, 7) is 3.51. The molecule has 0 bridgehead atoms. The highest BCUT2D eigenvalue weighted by molar-refractivity contribution is 5.88. The standard InChI is InChI=1S/C33H38N8O5/c1-22-32-36-30(23-10-4-3-5-11-23)37-41(32)21-20-39(18-9-15-29(43)40-19-8-13-25(40)33(44)34-22)28(42)17-16-27-35-31(38-46-27)24-12-6-7-14-26(24)45-2/h3-7,10-12,14,22,25H,8-9,13,15-21H2,1-2H3,(H,34,44)/t22-,25-/m0/s1. The first kappa shape index (κ1) is 30.9. The number of ether oxygens (including phenoxy) is 1. The van der Waals surface area contributed by atoms with E-state index in [0.717, 1.165) is 12.0 Å². The highest BCUT2D eigenvalue weighted by Crippen LogP contribution is 2.27. The molecule has 13 nitrogen and oxygen atoms in total. The van der Waals surface area contributed by atoms with Crippen molar-refractivity contribution in [1.82, 2.24) is 40.0 Å². The molecular weight excluding hydrogens is 588 g/mol. The zero-order valence-corrected chi connectivity index (χ0v) is 26.1. The largest absolute Gasteiger partial charge is 0.496 e. The van der Waals surface area contributed by atoms with Crippen molar-refractivity contribution in [2.45, 2.75) is 64.1 Å². The van der Waals surface area contributed by atoms with Gasteiger partial charge in [0.05, 0.1) is 25.3 Å². The normalized spacial score (nSPS) is 19.3. The number of para-hydroxylation sites is 1. The second-order valence-electron chi connectivity index (χ2n) is 11.6. The summed E-state index contributed by atoms with van der Waals surface area (Å²) >= 11 is 0. The van der Waals surface area contributed by atoms with E-state index in [1.165, 1.54) is 0 Å². The fourth-order valence-electron chi connectivity index (χ4n) is 6.07. The molecule has 2 aliphatic rings. The van der Waals surface area contributed by atoms with E-state index in [4.69, 9.17) is 19.3 Å². The van der Waals surface area contributed by atoms with E-state index in [9.17, 15) is 14.4 Å². The third-order valence-corrected chi connectivity index (χ3v) is 8.48. The highest BCUT2D eigenvalue weighted by atomic mass is 16.5. The topological polar surface area (TPSA) is 149 Å². The monoisotopic (exact) mass is 626 g/mol. The van der Waals surface area contributed by atoms with Gasteiger partial charge in [0.15, 0.2) is 5.82 Å². The summed E-state index contributed by atoms with van der Waals surface area (Å²) in [4.78, 5) is 52.8. The van der Waals surface area contributed by atoms with Gasteiger partial charge in [0.1, 0.15) is 17.6 Å². The Morgan fingerprint density at radius 1 is 0.978 bits per heavy atom. The number of amides is 3. The van der Waals surface area contributed by atoms with Gasteiger partial charge in [-0.15, -0.1) is 0 Å². The first-order chi connectivity index (χ1) is 22.4. The zero-order valence-electron chi connectivity index (χ0n) is 26.1. The first-order valence-electron chi connectivity index (χ1n) is 15.7. The quantitative estimate of drug-likeness (QED) is 0.340. The van der Waals surface area contributed by atoms with Gasteiger partial charge in [-0.25, -0.2) is 9.67 Å². The van der Waals surface area contributed by atoms with E-state index in [1.807, 2.05) is 61.5 Å². The molecular formula is C33H38N8O5. The van der Waals surface area contributed by atoms with Crippen molar-refractivity contribution in [2.75, 3.05) is 26.7 Å². The molecule has 2 aromatic heterocycles. The van der Waals surface area contributed by atoms with Gasteiger partial charge in [0, 0.05) is 44.5 Å². The maximum atomic E-state index is 13.6. The van der Waals surface area contributed by atoms with Gasteiger partial charge in [-0.2, -0.15) is 10.1 Å². The number of nitrogens with zero attached hydrogens (tertiary/aromatic N) is 7. The van der Waals surface area contributed by atoms with Crippen molar-refractivity contribution in [3.8, 4) is 28.5 Å². The third-order valence-electron chi connectivity index (χ3n) is 8.48. The van der Waals surface area contributed by atoms with E-state index in [2.05, 4.69) is 15.5 Å². The fourth-order valence-corrected chi connectivity index (χ4v) is 6.07. The molecule has 1 fully saturated rings. The number of carbonyl (C=O) groups is 3. The number of hydrogen-bond donors (Lipinski definition) is 1. The lowest BCUT2D eigenvalue weighted by molar-refractivity contribution is -0.139. The molecule has 0 spiro atoms. The lowest BCUT2D eigenvalue weighted by atomic mass is 10.1. The molecule has 240 valence electrons. The van der Waals surface area contributed by atoms with Crippen molar-refractivity contribution in [2.24, 2.45) is 0 Å². The summed E-state index contributed by atoms with van der Waals surface area (Å²) in [6.07, 6.45) is 2.53. The molecule has 1 N–H and O–H groups in total. The number of fused-ring (bicyclic) bond motifs is 2. The van der Waals surface area contributed by atoms with Crippen molar-refractivity contribution >= 4 is 17.7 Å². The smallest absolute Gasteiger partial charge is 0.243 e. The number of hydrogen-bond acceptors (Lipinski definition) is 9. The van der Waals surface area contributed by atoms with Crippen molar-refractivity contribution in [1.29, 1.82) is 0 Å². The average molecular weight is 627 g/mol. The van der Waals surface area contributed by atoms with Crippen molar-refractivity contribution < 1.29 is 23.6 Å². The predicted molar refractivity (Wildman–Crippen MR) is 167 cm³/mol. The molecule has 6 rings (SSSR count). The van der Waals surface area contributed by atoms with Crippen LogP contribution < -0.4 is 10.1 Å². The Kier molecular flexibility index (Phi) is 9.36. The van der Waals surface area contributed by atoms with Crippen LogP contribution in [0, 0.1) is 0 Å². The Morgan fingerprint density at radius 3 is 2.61 bits per heavy atom. The number of aryl methyl sites for hydroxylation is 1. The molecule has 1 saturated heterocycles. The van der Waals surface area contributed by atoms with Crippen LogP contribution in [0.3, 0.4) is 0 Å². The third kappa shape index (κ3) is 6.77. The van der Waals surface area contributed by atoms with Gasteiger partial charge < -0.3 is 24.4 Å². The number of rotatable bonds is 6. The number of aromatic nitrogens is 5. The Hall–Kier alpha value is -5.07. The van der Waals surface area contributed by atoms with Crippen LogP contribution in [0.2, 0.25) is 0 Å². The van der Waals surface area contributed by atoms with E-state index >= 15 is 0 Å². The summed E-state index contributed by atoms with van der Waals surface area (Å²) in [7, 11) is 1.58. The van der Waals surface area contributed by atoms with Gasteiger partial charge in [-0.3, -0.25) is 14.4 Å². The van der Waals surface area contributed by atoms with Gasteiger partial charge in [-0.05, 0) is 38.3 Å². The summed E-state index contributed by atoms with van der Waals surface area (Å²) < 4.78 is 12.6. The second-order valence-corrected chi connectivity index (χ2v) is 11.6. The fraction of sp³-hybridized carbons (Fsp3) is 0.424. The average Bonchev–Trinajstić information content (AvgIpc) is 3.85. The minimum Gasteiger partial charge on any atom is -0.496 e. The summed E-state index contributed by atoms with van der Waals surface area (Å²) in [5, 5.41) is 11.9.